The number of rotatable bonds is 3. The number of hydrogen-bond donors (Lipinski definition) is 0. The van der Waals surface area contributed by atoms with Crippen molar-refractivity contribution in [2.45, 2.75) is 12.8 Å². The molecule has 0 bridgehead atoms. The number of benzene rings is 3. The maximum absolute atomic E-state index is 4.18. The van der Waals surface area contributed by atoms with Gasteiger partial charge in [0, 0.05) is 39.2 Å². The lowest BCUT2D eigenvalue weighted by molar-refractivity contribution is 0.888. The minimum atomic E-state index is 1.07. The van der Waals surface area contributed by atoms with Gasteiger partial charge in [0.25, 0.3) is 0 Å². The van der Waals surface area contributed by atoms with Crippen molar-refractivity contribution in [3.05, 3.63) is 113 Å². The Bertz CT molecular complexity index is 1460. The van der Waals surface area contributed by atoms with Crippen LogP contribution in [0.25, 0.3) is 44.9 Å². The fourth-order valence-corrected chi connectivity index (χ4v) is 5.16. The van der Waals surface area contributed by atoms with Gasteiger partial charge in [-0.2, -0.15) is 0 Å². The molecule has 0 saturated carbocycles. The Morgan fingerprint density at radius 2 is 1.56 bits per heavy atom. The number of nitrogens with zero attached hydrogens (tertiary/aromatic N) is 2. The number of halogens is 1. The lowest BCUT2D eigenvalue weighted by atomic mass is 9.95. The topological polar surface area (TPSA) is 17.8 Å². The monoisotopic (exact) mass is 476 g/mol. The summed E-state index contributed by atoms with van der Waals surface area (Å²) in [5.74, 6) is 0. The van der Waals surface area contributed by atoms with Gasteiger partial charge in [-0.05, 0) is 77.6 Å². The van der Waals surface area contributed by atoms with Crippen molar-refractivity contribution >= 4 is 32.9 Å². The Labute approximate surface area is 196 Å². The number of para-hydroxylation sites is 1. The van der Waals surface area contributed by atoms with E-state index in [2.05, 4.69) is 116 Å². The summed E-state index contributed by atoms with van der Waals surface area (Å²) < 4.78 is 3.51. The van der Waals surface area contributed by atoms with Gasteiger partial charge >= 0.3 is 0 Å². The first-order chi connectivity index (χ1) is 15.8. The van der Waals surface area contributed by atoms with E-state index in [1.807, 2.05) is 12.4 Å². The van der Waals surface area contributed by atoms with Gasteiger partial charge in [-0.25, -0.2) is 0 Å². The lowest BCUT2D eigenvalue weighted by Gasteiger charge is -2.15. The lowest BCUT2D eigenvalue weighted by Crippen LogP contribution is -2.02. The molecular weight excluding hydrogens is 456 g/mol. The zero-order valence-electron chi connectivity index (χ0n) is 17.5. The highest BCUT2D eigenvalue weighted by atomic mass is 79.9. The molecule has 0 amide bonds. The van der Waals surface area contributed by atoms with E-state index >= 15 is 0 Å². The van der Waals surface area contributed by atoms with E-state index in [-0.39, 0.29) is 0 Å². The van der Waals surface area contributed by atoms with Crippen LogP contribution in [0.5, 0.6) is 0 Å². The normalized spacial score (nSPS) is 12.8. The van der Waals surface area contributed by atoms with Crippen LogP contribution in [0.3, 0.4) is 0 Å². The molecule has 154 valence electrons. The van der Waals surface area contributed by atoms with Crippen LogP contribution >= 0.6 is 15.9 Å². The molecule has 0 N–H and O–H groups in total. The zero-order valence-corrected chi connectivity index (χ0v) is 19.1. The summed E-state index contributed by atoms with van der Waals surface area (Å²) in [4.78, 5) is 4.18. The second-order valence-corrected chi connectivity index (χ2v) is 9.04. The van der Waals surface area contributed by atoms with Gasteiger partial charge in [0.05, 0.1) is 5.52 Å². The highest BCUT2D eigenvalue weighted by Crippen LogP contribution is 2.37. The van der Waals surface area contributed by atoms with Crippen molar-refractivity contribution in [1.29, 1.82) is 0 Å². The van der Waals surface area contributed by atoms with Crippen molar-refractivity contribution in [1.82, 2.24) is 9.55 Å². The molecule has 1 aliphatic carbocycles. The van der Waals surface area contributed by atoms with Gasteiger partial charge in [0.2, 0.25) is 0 Å². The predicted molar refractivity (Wildman–Crippen MR) is 137 cm³/mol. The first-order valence-electron chi connectivity index (χ1n) is 10.9. The summed E-state index contributed by atoms with van der Waals surface area (Å²) in [6.45, 7) is 0. The average molecular weight is 477 g/mol. The smallest absolute Gasteiger partial charge is 0.0537 e. The second-order valence-electron chi connectivity index (χ2n) is 8.13. The van der Waals surface area contributed by atoms with Crippen molar-refractivity contribution in [3.8, 4) is 27.9 Å². The van der Waals surface area contributed by atoms with Gasteiger partial charge in [-0.15, -0.1) is 0 Å². The molecule has 2 nitrogen and oxygen atoms in total. The Balaban J connectivity index is 1.48. The molecule has 0 saturated heterocycles. The van der Waals surface area contributed by atoms with Crippen molar-refractivity contribution < 1.29 is 0 Å². The third-order valence-corrected chi connectivity index (χ3v) is 6.75. The minimum Gasteiger partial charge on any atom is -0.313 e. The molecule has 6 rings (SSSR count). The summed E-state index contributed by atoms with van der Waals surface area (Å²) in [5.41, 5.74) is 10.0. The molecule has 2 heterocycles. The number of pyridine rings is 1. The van der Waals surface area contributed by atoms with Crippen LogP contribution in [-0.4, -0.2) is 9.55 Å². The van der Waals surface area contributed by atoms with Gasteiger partial charge in [0.15, 0.2) is 0 Å². The first kappa shape index (κ1) is 19.3. The van der Waals surface area contributed by atoms with Gasteiger partial charge < -0.3 is 4.57 Å². The molecule has 0 atom stereocenters. The summed E-state index contributed by atoms with van der Waals surface area (Å²) in [5, 5.41) is 1.33. The van der Waals surface area contributed by atoms with Crippen molar-refractivity contribution in [3.63, 3.8) is 0 Å². The highest BCUT2D eigenvalue weighted by Gasteiger charge is 2.18. The van der Waals surface area contributed by atoms with Crippen LogP contribution in [-0.2, 0) is 6.42 Å². The summed E-state index contributed by atoms with van der Waals surface area (Å²) in [6, 6.07) is 28.3. The van der Waals surface area contributed by atoms with E-state index in [0.29, 0.717) is 0 Å². The number of allylic oxidation sites excluding steroid dienone is 1. The molecule has 1 aliphatic rings. The molecular formula is C29H21BrN2. The Morgan fingerprint density at radius 3 is 2.41 bits per heavy atom. The molecule has 0 radical (unpaired) electrons. The van der Waals surface area contributed by atoms with Crippen LogP contribution < -0.4 is 0 Å². The molecule has 32 heavy (non-hydrogen) atoms. The van der Waals surface area contributed by atoms with Gasteiger partial charge in [0.1, 0.15) is 0 Å². The second kappa shape index (κ2) is 7.92. The first-order valence-corrected chi connectivity index (χ1v) is 11.7. The van der Waals surface area contributed by atoms with Crippen LogP contribution in [0.4, 0.5) is 0 Å². The average Bonchev–Trinajstić information content (AvgIpc) is 3.19. The van der Waals surface area contributed by atoms with Crippen LogP contribution in [0.1, 0.15) is 17.7 Å². The SMILES string of the molecule is Brc1ccc(-c2ccc(-n3c4c(c5ccccc53)C=CCC4)cc2)c(-c2ccncc2)c1. The zero-order chi connectivity index (χ0) is 21.5. The van der Waals surface area contributed by atoms with E-state index in [0.717, 1.165) is 22.9 Å². The summed E-state index contributed by atoms with van der Waals surface area (Å²) in [6.07, 6.45) is 10.4. The third kappa shape index (κ3) is 3.21. The van der Waals surface area contributed by atoms with Crippen LogP contribution in [0, 0.1) is 0 Å². The third-order valence-electron chi connectivity index (χ3n) is 6.26. The van der Waals surface area contributed by atoms with E-state index < -0.39 is 0 Å². The standard InChI is InChI=1S/C29H21BrN2/c30-22-11-14-24(27(19-22)21-15-17-31-18-16-21)20-9-12-23(13-10-20)32-28-7-3-1-5-25(28)26-6-2-4-8-29(26)32/h1-3,5-7,9-19H,4,8H2. The van der Waals surface area contributed by atoms with Crippen LogP contribution in [0.15, 0.2) is 102 Å². The maximum atomic E-state index is 4.18. The molecule has 3 heteroatoms. The van der Waals surface area contributed by atoms with E-state index in [1.165, 1.54) is 44.5 Å². The molecule has 5 aromatic rings. The molecule has 3 aromatic carbocycles. The maximum Gasteiger partial charge on any atom is 0.0537 e. The number of aromatic nitrogens is 2. The minimum absolute atomic E-state index is 1.07. The summed E-state index contributed by atoms with van der Waals surface area (Å²) >= 11 is 3.64. The van der Waals surface area contributed by atoms with E-state index in [9.17, 15) is 0 Å². The fourth-order valence-electron chi connectivity index (χ4n) is 4.79. The van der Waals surface area contributed by atoms with Gasteiger partial charge in [-0.3, -0.25) is 4.98 Å². The fraction of sp³-hybridized carbons (Fsp3) is 0.0690. The largest absolute Gasteiger partial charge is 0.313 e. The number of fused-ring (bicyclic) bond motifs is 3. The molecule has 2 aromatic heterocycles. The van der Waals surface area contributed by atoms with Crippen LogP contribution in [0.2, 0.25) is 0 Å². The number of hydrogen-bond acceptors (Lipinski definition) is 1. The summed E-state index contributed by atoms with van der Waals surface area (Å²) in [7, 11) is 0. The molecule has 0 spiro atoms. The molecule has 0 fully saturated rings. The molecule has 0 unspecified atom stereocenters. The Kier molecular flexibility index (Phi) is 4.77. The molecule has 0 aliphatic heterocycles. The van der Waals surface area contributed by atoms with Gasteiger partial charge in [-0.1, -0.05) is 64.5 Å². The van der Waals surface area contributed by atoms with E-state index in [4.69, 9.17) is 0 Å². The Morgan fingerprint density at radius 1 is 0.781 bits per heavy atom. The highest BCUT2D eigenvalue weighted by molar-refractivity contribution is 9.10. The predicted octanol–water partition coefficient (Wildman–Crippen LogP) is 8.08. The van der Waals surface area contributed by atoms with E-state index in [1.54, 1.807) is 0 Å². The quantitative estimate of drug-likeness (QED) is 0.257. The van der Waals surface area contributed by atoms with Crippen molar-refractivity contribution in [2.24, 2.45) is 0 Å². The van der Waals surface area contributed by atoms with Crippen molar-refractivity contribution in [2.75, 3.05) is 0 Å². The Hall–Kier alpha value is -3.43.